The van der Waals surface area contributed by atoms with Crippen LogP contribution in [0.25, 0.3) is 0 Å². The number of carboxylic acids is 1. The molecule has 2 atom stereocenters. The van der Waals surface area contributed by atoms with Crippen LogP contribution < -0.4 is 10.1 Å². The molecule has 0 radical (unpaired) electrons. The molecule has 232 valence electrons. The second-order valence-corrected chi connectivity index (χ2v) is 11.6. The normalized spacial score (nSPS) is 18.6. The van der Waals surface area contributed by atoms with Crippen LogP contribution in [0.5, 0.6) is 5.75 Å². The molecule has 10 nitrogen and oxygen atoms in total. The van der Waals surface area contributed by atoms with Crippen LogP contribution in [0.15, 0.2) is 36.9 Å². The van der Waals surface area contributed by atoms with Gasteiger partial charge in [0.2, 0.25) is 11.8 Å². The number of carbonyl (C=O) groups excluding carboxylic acids is 3. The van der Waals surface area contributed by atoms with Crippen molar-refractivity contribution in [2.45, 2.75) is 70.4 Å². The highest BCUT2D eigenvalue weighted by atomic mass is 19.1. The molecule has 2 unspecified atom stereocenters. The number of hydrogen-bond donors (Lipinski definition) is 2. The second-order valence-electron chi connectivity index (χ2n) is 11.6. The number of ether oxygens (including phenoxy) is 2. The molecule has 0 aromatic heterocycles. The van der Waals surface area contributed by atoms with Gasteiger partial charge in [0.15, 0.2) is 0 Å². The maximum absolute atomic E-state index is 13.2. The summed E-state index contributed by atoms with van der Waals surface area (Å²) in [6, 6.07) is 5.81. The molecule has 0 bridgehead atoms. The van der Waals surface area contributed by atoms with Crippen molar-refractivity contribution in [3.8, 4) is 5.75 Å². The van der Waals surface area contributed by atoms with E-state index in [1.54, 1.807) is 54.0 Å². The summed E-state index contributed by atoms with van der Waals surface area (Å²) in [7, 11) is 0. The molecule has 3 rings (SSSR count). The number of amides is 3. The molecule has 2 aliphatic rings. The Kier molecular flexibility index (Phi) is 12.2. The van der Waals surface area contributed by atoms with Crippen molar-refractivity contribution < 1.29 is 38.1 Å². The first-order valence-electron chi connectivity index (χ1n) is 14.7. The van der Waals surface area contributed by atoms with Crippen LogP contribution in [0.2, 0.25) is 0 Å². The Balaban J connectivity index is 1.47. The molecular formula is C31H44FN3O7. The Morgan fingerprint density at radius 2 is 1.81 bits per heavy atom. The van der Waals surface area contributed by atoms with E-state index in [1.807, 2.05) is 0 Å². The van der Waals surface area contributed by atoms with Gasteiger partial charge in [0.05, 0.1) is 18.4 Å². The number of alkyl halides is 1. The maximum Gasteiger partial charge on any atom is 0.410 e. The molecule has 1 aromatic carbocycles. The summed E-state index contributed by atoms with van der Waals surface area (Å²) in [6.45, 7) is 8.62. The molecule has 2 aliphatic heterocycles. The Bertz CT molecular complexity index is 1090. The summed E-state index contributed by atoms with van der Waals surface area (Å²) < 4.78 is 23.1. The van der Waals surface area contributed by atoms with Gasteiger partial charge < -0.3 is 29.7 Å². The first kappa shape index (κ1) is 32.9. The first-order chi connectivity index (χ1) is 20.0. The van der Waals surface area contributed by atoms with Gasteiger partial charge in [0, 0.05) is 32.6 Å². The number of piperidine rings is 2. The quantitative estimate of drug-likeness (QED) is 0.325. The van der Waals surface area contributed by atoms with Gasteiger partial charge in [-0.1, -0.05) is 18.7 Å². The zero-order chi connectivity index (χ0) is 30.7. The number of likely N-dealkylation sites (tertiary alicyclic amines) is 2. The standard InChI is InChI=1S/C31H44FN3O7/c1-4-31(2,3)42-30(40)34-17-13-22(14-18-34)7-12-27(36)35-16-5-6-24(21-35)29(39)33-26(20-28(37)38)23-8-10-25(11-9-23)41-19-15-32/h4,8-11,22,24,26H,1,5-7,12-21H2,2-3H3,(H,33,39)(H,37,38). The lowest BCUT2D eigenvalue weighted by molar-refractivity contribution is -0.138. The second kappa shape index (κ2) is 15.6. The highest BCUT2D eigenvalue weighted by Gasteiger charge is 2.32. The van der Waals surface area contributed by atoms with Crippen LogP contribution in [0.1, 0.15) is 70.4 Å². The summed E-state index contributed by atoms with van der Waals surface area (Å²) >= 11 is 0. The Morgan fingerprint density at radius 3 is 2.43 bits per heavy atom. The molecular weight excluding hydrogens is 545 g/mol. The molecule has 2 heterocycles. The van der Waals surface area contributed by atoms with Crippen LogP contribution in [0, 0.1) is 11.8 Å². The fourth-order valence-electron chi connectivity index (χ4n) is 5.31. The van der Waals surface area contributed by atoms with E-state index in [1.165, 1.54) is 0 Å². The fourth-order valence-corrected chi connectivity index (χ4v) is 5.31. The van der Waals surface area contributed by atoms with Gasteiger partial charge in [-0.15, -0.1) is 0 Å². The van der Waals surface area contributed by atoms with Crippen LogP contribution in [0.3, 0.4) is 0 Å². The largest absolute Gasteiger partial charge is 0.491 e. The van der Waals surface area contributed by atoms with Gasteiger partial charge in [-0.05, 0) is 75.6 Å². The van der Waals surface area contributed by atoms with Gasteiger partial charge in [0.25, 0.3) is 0 Å². The van der Waals surface area contributed by atoms with Crippen LogP contribution in [-0.2, 0) is 19.1 Å². The predicted molar refractivity (Wildman–Crippen MR) is 155 cm³/mol. The molecule has 11 heteroatoms. The van der Waals surface area contributed by atoms with Crippen molar-refractivity contribution in [3.05, 3.63) is 42.5 Å². The van der Waals surface area contributed by atoms with E-state index in [0.29, 0.717) is 62.7 Å². The lowest BCUT2D eigenvalue weighted by Crippen LogP contribution is -2.46. The molecule has 3 amide bonds. The van der Waals surface area contributed by atoms with E-state index in [9.17, 15) is 28.7 Å². The topological polar surface area (TPSA) is 125 Å². The lowest BCUT2D eigenvalue weighted by Gasteiger charge is -2.35. The highest BCUT2D eigenvalue weighted by molar-refractivity contribution is 5.82. The third kappa shape index (κ3) is 10.0. The van der Waals surface area contributed by atoms with E-state index in [4.69, 9.17) is 9.47 Å². The minimum Gasteiger partial charge on any atom is -0.491 e. The maximum atomic E-state index is 13.2. The summed E-state index contributed by atoms with van der Waals surface area (Å²) in [4.78, 5) is 53.6. The van der Waals surface area contributed by atoms with Gasteiger partial charge in [0.1, 0.15) is 24.6 Å². The van der Waals surface area contributed by atoms with Crippen LogP contribution in [0.4, 0.5) is 9.18 Å². The monoisotopic (exact) mass is 589 g/mol. The van der Waals surface area contributed by atoms with Crippen molar-refractivity contribution in [1.29, 1.82) is 0 Å². The third-order valence-corrected chi connectivity index (χ3v) is 7.95. The third-order valence-electron chi connectivity index (χ3n) is 7.95. The van der Waals surface area contributed by atoms with Crippen molar-refractivity contribution in [2.24, 2.45) is 11.8 Å². The smallest absolute Gasteiger partial charge is 0.410 e. The SMILES string of the molecule is C=CC(C)(C)OC(=O)N1CCC(CCC(=O)N2CCCC(C(=O)NC(CC(=O)O)c3ccc(OCCF)cc3)C2)CC1. The number of rotatable bonds is 13. The van der Waals surface area contributed by atoms with Crippen molar-refractivity contribution in [2.75, 3.05) is 39.5 Å². The minimum absolute atomic E-state index is 0.00743. The number of hydrogen-bond acceptors (Lipinski definition) is 6. The van der Waals surface area contributed by atoms with Crippen molar-refractivity contribution in [3.63, 3.8) is 0 Å². The number of benzene rings is 1. The van der Waals surface area contributed by atoms with E-state index in [-0.39, 0.29) is 30.9 Å². The van der Waals surface area contributed by atoms with Gasteiger partial charge in [-0.3, -0.25) is 14.4 Å². The summed E-state index contributed by atoms with van der Waals surface area (Å²) in [5.41, 5.74) is -0.120. The van der Waals surface area contributed by atoms with Gasteiger partial charge in [-0.25, -0.2) is 9.18 Å². The molecule has 0 spiro atoms. The van der Waals surface area contributed by atoms with Crippen molar-refractivity contribution >= 4 is 23.9 Å². The minimum atomic E-state index is -1.05. The van der Waals surface area contributed by atoms with E-state index in [2.05, 4.69) is 11.9 Å². The molecule has 0 aliphatic carbocycles. The summed E-state index contributed by atoms with van der Waals surface area (Å²) in [5, 5.41) is 12.3. The zero-order valence-electron chi connectivity index (χ0n) is 24.7. The van der Waals surface area contributed by atoms with Crippen molar-refractivity contribution in [1.82, 2.24) is 15.1 Å². The highest BCUT2D eigenvalue weighted by Crippen LogP contribution is 2.26. The Morgan fingerprint density at radius 1 is 1.12 bits per heavy atom. The van der Waals surface area contributed by atoms with E-state index >= 15 is 0 Å². The summed E-state index contributed by atoms with van der Waals surface area (Å²) in [6.07, 6.45) is 4.96. The first-order valence-corrected chi connectivity index (χ1v) is 14.7. The number of nitrogens with zero attached hydrogens (tertiary/aromatic N) is 2. The average molecular weight is 590 g/mol. The molecule has 2 saturated heterocycles. The lowest BCUT2D eigenvalue weighted by atomic mass is 9.91. The predicted octanol–water partition coefficient (Wildman–Crippen LogP) is 4.50. The number of halogens is 1. The van der Waals surface area contributed by atoms with E-state index in [0.717, 1.165) is 19.3 Å². The molecule has 42 heavy (non-hydrogen) atoms. The number of nitrogens with one attached hydrogen (secondary N) is 1. The number of aliphatic carboxylic acids is 1. The molecule has 2 N–H and O–H groups in total. The van der Waals surface area contributed by atoms with Crippen LogP contribution in [-0.4, -0.2) is 83.8 Å². The van der Waals surface area contributed by atoms with Crippen LogP contribution >= 0.6 is 0 Å². The van der Waals surface area contributed by atoms with Gasteiger partial charge in [-0.2, -0.15) is 0 Å². The average Bonchev–Trinajstić information content (AvgIpc) is 2.98. The molecule has 0 saturated carbocycles. The Hall–Kier alpha value is -3.63. The number of carboxylic acid groups (broad SMARTS) is 1. The fraction of sp³-hybridized carbons (Fsp3) is 0.613. The molecule has 1 aromatic rings. The summed E-state index contributed by atoms with van der Waals surface area (Å²) in [5.74, 6) is -0.968. The van der Waals surface area contributed by atoms with E-state index < -0.39 is 30.2 Å². The van der Waals surface area contributed by atoms with Gasteiger partial charge >= 0.3 is 12.1 Å². The molecule has 2 fully saturated rings. The zero-order valence-corrected chi connectivity index (χ0v) is 24.7. The Labute approximate surface area is 247 Å². The number of carbonyl (C=O) groups is 4.